The van der Waals surface area contributed by atoms with Gasteiger partial charge in [0, 0.05) is 31.4 Å². The Labute approximate surface area is 123 Å². The van der Waals surface area contributed by atoms with E-state index in [9.17, 15) is 4.79 Å². The molecule has 1 fully saturated rings. The minimum Gasteiger partial charge on any atom is -0.368 e. The third-order valence-corrected chi connectivity index (χ3v) is 3.59. The molecule has 1 aliphatic rings. The van der Waals surface area contributed by atoms with Crippen molar-refractivity contribution in [1.82, 2.24) is 19.9 Å². The molecule has 0 aliphatic heterocycles. The molecular weight excluding hydrogens is 266 g/mol. The third-order valence-electron chi connectivity index (χ3n) is 3.59. The van der Waals surface area contributed by atoms with Gasteiger partial charge < -0.3 is 10.6 Å². The molecule has 112 valence electrons. The zero-order valence-electron chi connectivity index (χ0n) is 12.5. The average Bonchev–Trinajstić information content (AvgIpc) is 3.13. The highest BCUT2D eigenvalue weighted by Gasteiger charge is 2.22. The van der Waals surface area contributed by atoms with Crippen molar-refractivity contribution in [3.63, 3.8) is 0 Å². The Morgan fingerprint density at radius 1 is 1.48 bits per heavy atom. The van der Waals surface area contributed by atoms with Gasteiger partial charge in [0.15, 0.2) is 5.82 Å². The number of hydrogen-bond donors (Lipinski definition) is 2. The number of nitrogens with zero attached hydrogens (tertiary/aromatic N) is 3. The fourth-order valence-corrected chi connectivity index (χ4v) is 2.18. The molecule has 0 aromatic carbocycles. The van der Waals surface area contributed by atoms with Gasteiger partial charge in [-0.2, -0.15) is 5.10 Å². The molecule has 1 saturated carbocycles. The summed E-state index contributed by atoms with van der Waals surface area (Å²) in [4.78, 5) is 16.0. The van der Waals surface area contributed by atoms with Gasteiger partial charge >= 0.3 is 0 Å². The minimum absolute atomic E-state index is 0.105. The molecule has 2 heterocycles. The van der Waals surface area contributed by atoms with E-state index in [0.29, 0.717) is 24.9 Å². The van der Waals surface area contributed by atoms with Gasteiger partial charge in [-0.05, 0) is 24.8 Å². The smallest absolute Gasteiger partial charge is 0.221 e. The van der Waals surface area contributed by atoms with E-state index in [1.165, 1.54) is 0 Å². The van der Waals surface area contributed by atoms with E-state index in [-0.39, 0.29) is 5.91 Å². The summed E-state index contributed by atoms with van der Waals surface area (Å²) in [5, 5.41) is 10.7. The fourth-order valence-electron chi connectivity index (χ4n) is 2.18. The molecule has 1 aliphatic carbocycles. The van der Waals surface area contributed by atoms with Gasteiger partial charge in [-0.1, -0.05) is 13.8 Å². The Morgan fingerprint density at radius 3 is 3.00 bits per heavy atom. The molecule has 1 amide bonds. The number of hydrogen-bond acceptors (Lipinski definition) is 4. The monoisotopic (exact) mass is 287 g/mol. The van der Waals surface area contributed by atoms with Crippen LogP contribution < -0.4 is 10.6 Å². The molecule has 0 spiro atoms. The van der Waals surface area contributed by atoms with Crippen LogP contribution in [0.25, 0.3) is 5.52 Å². The van der Waals surface area contributed by atoms with Crippen LogP contribution in [0.1, 0.15) is 44.7 Å². The lowest BCUT2D eigenvalue weighted by Crippen LogP contribution is -2.27. The van der Waals surface area contributed by atoms with Crippen molar-refractivity contribution < 1.29 is 4.79 Å². The second kappa shape index (κ2) is 5.71. The van der Waals surface area contributed by atoms with E-state index in [2.05, 4.69) is 34.6 Å². The van der Waals surface area contributed by atoms with Crippen LogP contribution >= 0.6 is 0 Å². The van der Waals surface area contributed by atoms with Gasteiger partial charge in [-0.25, -0.2) is 9.50 Å². The summed E-state index contributed by atoms with van der Waals surface area (Å²) in [5.74, 6) is 1.26. The molecule has 3 rings (SSSR count). The summed E-state index contributed by atoms with van der Waals surface area (Å²) in [6.45, 7) is 4.81. The highest BCUT2D eigenvalue weighted by Crippen LogP contribution is 2.20. The number of fused-ring (bicyclic) bond motifs is 1. The van der Waals surface area contributed by atoms with Crippen molar-refractivity contribution in [2.24, 2.45) is 0 Å². The van der Waals surface area contributed by atoms with Crippen molar-refractivity contribution in [1.29, 1.82) is 0 Å². The Balaban J connectivity index is 1.64. The van der Waals surface area contributed by atoms with Crippen molar-refractivity contribution in [2.75, 3.05) is 11.9 Å². The number of amides is 1. The molecule has 0 radical (unpaired) electrons. The maximum absolute atomic E-state index is 11.7. The van der Waals surface area contributed by atoms with Crippen LogP contribution in [0.15, 0.2) is 18.5 Å². The first-order valence-corrected chi connectivity index (χ1v) is 7.51. The maximum atomic E-state index is 11.7. The zero-order valence-corrected chi connectivity index (χ0v) is 12.5. The summed E-state index contributed by atoms with van der Waals surface area (Å²) in [6, 6.07) is 2.46. The predicted octanol–water partition coefficient (Wildman–Crippen LogP) is 1.93. The van der Waals surface area contributed by atoms with Gasteiger partial charge in [-0.15, -0.1) is 0 Å². The molecular formula is C15H21N5O. The molecule has 21 heavy (non-hydrogen) atoms. The lowest BCUT2D eigenvalue weighted by atomic mass is 10.1. The summed E-state index contributed by atoms with van der Waals surface area (Å²) in [7, 11) is 0. The molecule has 6 nitrogen and oxygen atoms in total. The number of rotatable bonds is 6. The predicted molar refractivity (Wildman–Crippen MR) is 81.3 cm³/mol. The molecule has 0 unspecified atom stereocenters. The first-order valence-electron chi connectivity index (χ1n) is 7.51. The SMILES string of the molecule is CC(C)c1cc2c(NCCC(=O)NC3CC3)nccn2n1. The highest BCUT2D eigenvalue weighted by molar-refractivity contribution is 5.77. The van der Waals surface area contributed by atoms with E-state index in [0.717, 1.165) is 29.9 Å². The van der Waals surface area contributed by atoms with Crippen molar-refractivity contribution >= 4 is 17.2 Å². The molecule has 6 heteroatoms. The second-order valence-electron chi connectivity index (χ2n) is 5.85. The Bertz CT molecular complexity index is 645. The average molecular weight is 287 g/mol. The lowest BCUT2D eigenvalue weighted by Gasteiger charge is -2.07. The number of carbonyl (C=O) groups is 1. The second-order valence-corrected chi connectivity index (χ2v) is 5.85. The molecule has 0 atom stereocenters. The summed E-state index contributed by atoms with van der Waals surface area (Å²) in [5.41, 5.74) is 1.99. The topological polar surface area (TPSA) is 71.3 Å². The molecule has 2 aromatic heterocycles. The maximum Gasteiger partial charge on any atom is 0.221 e. The molecule has 2 N–H and O–H groups in total. The van der Waals surface area contributed by atoms with Crippen LogP contribution in [0, 0.1) is 0 Å². The van der Waals surface area contributed by atoms with Crippen LogP contribution in [-0.2, 0) is 4.79 Å². The van der Waals surface area contributed by atoms with Crippen molar-refractivity contribution in [2.45, 2.75) is 45.1 Å². The Kier molecular flexibility index (Phi) is 3.77. The summed E-state index contributed by atoms with van der Waals surface area (Å²) >= 11 is 0. The van der Waals surface area contributed by atoms with E-state index in [4.69, 9.17) is 0 Å². The molecule has 0 saturated heterocycles. The normalized spacial score (nSPS) is 14.6. The molecule has 0 bridgehead atoms. The van der Waals surface area contributed by atoms with Gasteiger partial charge in [0.1, 0.15) is 5.52 Å². The van der Waals surface area contributed by atoms with Crippen LogP contribution in [0.2, 0.25) is 0 Å². The highest BCUT2D eigenvalue weighted by atomic mass is 16.1. The van der Waals surface area contributed by atoms with Crippen LogP contribution in [0.3, 0.4) is 0 Å². The zero-order chi connectivity index (χ0) is 14.8. The number of carbonyl (C=O) groups excluding carboxylic acids is 1. The van der Waals surface area contributed by atoms with Crippen LogP contribution in [0.4, 0.5) is 5.82 Å². The van der Waals surface area contributed by atoms with E-state index >= 15 is 0 Å². The fraction of sp³-hybridized carbons (Fsp3) is 0.533. The van der Waals surface area contributed by atoms with E-state index < -0.39 is 0 Å². The number of aromatic nitrogens is 3. The van der Waals surface area contributed by atoms with Crippen molar-refractivity contribution in [3.05, 3.63) is 24.2 Å². The van der Waals surface area contributed by atoms with Gasteiger partial charge in [0.05, 0.1) is 5.69 Å². The largest absolute Gasteiger partial charge is 0.368 e. The number of nitrogens with one attached hydrogen (secondary N) is 2. The first kappa shape index (κ1) is 13.9. The van der Waals surface area contributed by atoms with Gasteiger partial charge in [0.2, 0.25) is 5.91 Å². The van der Waals surface area contributed by atoms with E-state index in [1.807, 2.05) is 16.8 Å². The van der Waals surface area contributed by atoms with Gasteiger partial charge in [0.25, 0.3) is 0 Å². The molecule has 2 aromatic rings. The Morgan fingerprint density at radius 2 is 2.29 bits per heavy atom. The minimum atomic E-state index is 0.105. The number of anilines is 1. The lowest BCUT2D eigenvalue weighted by molar-refractivity contribution is -0.120. The van der Waals surface area contributed by atoms with Crippen LogP contribution in [-0.4, -0.2) is 33.1 Å². The Hall–Kier alpha value is -2.11. The van der Waals surface area contributed by atoms with Gasteiger partial charge in [-0.3, -0.25) is 4.79 Å². The van der Waals surface area contributed by atoms with E-state index in [1.54, 1.807) is 6.20 Å². The summed E-state index contributed by atoms with van der Waals surface area (Å²) in [6.07, 6.45) is 6.26. The first-order chi connectivity index (χ1) is 10.1. The third kappa shape index (κ3) is 3.32. The quantitative estimate of drug-likeness (QED) is 0.851. The standard InChI is InChI=1S/C15H21N5O/c1-10(2)12-9-13-15(17-7-8-20(13)19-12)16-6-5-14(21)18-11-3-4-11/h7-11H,3-6H2,1-2H3,(H,16,17)(H,18,21). The van der Waals surface area contributed by atoms with Crippen molar-refractivity contribution in [3.8, 4) is 0 Å². The van der Waals surface area contributed by atoms with Crippen LogP contribution in [0.5, 0.6) is 0 Å². The summed E-state index contributed by atoms with van der Waals surface area (Å²) < 4.78 is 1.83.